The Kier molecular flexibility index (Phi) is 7.25. The Labute approximate surface area is 201 Å². The van der Waals surface area contributed by atoms with Crippen LogP contribution in [-0.2, 0) is 6.42 Å². The zero-order valence-corrected chi connectivity index (χ0v) is 20.7. The summed E-state index contributed by atoms with van der Waals surface area (Å²) < 4.78 is 18.1. The molecule has 4 rings (SSSR count). The van der Waals surface area contributed by atoms with Crippen molar-refractivity contribution in [2.24, 2.45) is 0 Å². The van der Waals surface area contributed by atoms with E-state index >= 15 is 0 Å². The fourth-order valence-corrected chi connectivity index (χ4v) is 5.57. The van der Waals surface area contributed by atoms with Crippen molar-refractivity contribution in [1.29, 1.82) is 0 Å². The van der Waals surface area contributed by atoms with Crippen molar-refractivity contribution in [2.75, 3.05) is 26.6 Å². The predicted octanol–water partition coefficient (Wildman–Crippen LogP) is 5.51. The van der Waals surface area contributed by atoms with Gasteiger partial charge in [-0.1, -0.05) is 24.8 Å². The Morgan fingerprint density at radius 2 is 1.76 bits per heavy atom. The molecule has 0 aliphatic heterocycles. The summed E-state index contributed by atoms with van der Waals surface area (Å²) in [5, 5.41) is 1.33. The molecule has 2 aromatic carbocycles. The molecule has 172 valence electrons. The first-order chi connectivity index (χ1) is 16.0. The average molecular weight is 483 g/mol. The van der Waals surface area contributed by atoms with Crippen molar-refractivity contribution < 1.29 is 14.2 Å². The molecule has 0 N–H and O–H groups in total. The second-order valence-electron chi connectivity index (χ2n) is 7.29. The molecule has 33 heavy (non-hydrogen) atoms. The molecular weight excluding hydrogens is 456 g/mol. The highest BCUT2D eigenvalue weighted by Crippen LogP contribution is 2.31. The Balaban J connectivity index is 1.65. The van der Waals surface area contributed by atoms with E-state index in [-0.39, 0.29) is 5.56 Å². The zero-order chi connectivity index (χ0) is 23.4. The summed E-state index contributed by atoms with van der Waals surface area (Å²) in [4.78, 5) is 20.5. The van der Waals surface area contributed by atoms with E-state index in [1.807, 2.05) is 55.5 Å². The van der Waals surface area contributed by atoms with Crippen LogP contribution in [-0.4, -0.2) is 36.1 Å². The number of aryl methyl sites for hydroxylation is 2. The van der Waals surface area contributed by atoms with Gasteiger partial charge in [0.05, 0.1) is 31.9 Å². The first-order valence-electron chi connectivity index (χ1n) is 10.6. The minimum absolute atomic E-state index is 0.0553. The standard InChI is InChI=1S/C25H26N2O4S2/c1-5-21-16(2)22-23(33-21)26-25(27(24(22)28)17-7-6-8-20(15-17)30-4)32-14-13-31-19-11-9-18(29-3)10-12-19/h6-12,15H,5,13-14H2,1-4H3. The molecule has 0 unspecified atom stereocenters. The zero-order valence-electron chi connectivity index (χ0n) is 19.1. The van der Waals surface area contributed by atoms with E-state index in [2.05, 4.69) is 6.92 Å². The number of hydrogen-bond acceptors (Lipinski definition) is 7. The quantitative estimate of drug-likeness (QED) is 0.178. The number of ether oxygens (including phenoxy) is 3. The number of nitrogens with zero attached hydrogens (tertiary/aromatic N) is 2. The fraction of sp³-hybridized carbons (Fsp3) is 0.280. The average Bonchev–Trinajstić information content (AvgIpc) is 3.17. The van der Waals surface area contributed by atoms with Gasteiger partial charge in [-0.15, -0.1) is 11.3 Å². The summed E-state index contributed by atoms with van der Waals surface area (Å²) in [6, 6.07) is 15.0. The molecular formula is C25H26N2O4S2. The molecule has 0 radical (unpaired) electrons. The highest BCUT2D eigenvalue weighted by Gasteiger charge is 2.19. The maximum Gasteiger partial charge on any atom is 0.267 e. The van der Waals surface area contributed by atoms with Gasteiger partial charge in [0, 0.05) is 16.7 Å². The van der Waals surface area contributed by atoms with E-state index in [0.717, 1.165) is 34.0 Å². The lowest BCUT2D eigenvalue weighted by atomic mass is 10.2. The van der Waals surface area contributed by atoms with Gasteiger partial charge in [-0.3, -0.25) is 9.36 Å². The Bertz CT molecular complexity index is 1310. The summed E-state index contributed by atoms with van der Waals surface area (Å²) in [6.45, 7) is 4.59. The molecule has 0 amide bonds. The van der Waals surface area contributed by atoms with Crippen LogP contribution in [0.4, 0.5) is 0 Å². The van der Waals surface area contributed by atoms with Crippen LogP contribution in [0.1, 0.15) is 17.4 Å². The smallest absolute Gasteiger partial charge is 0.267 e. The molecule has 0 fully saturated rings. The van der Waals surface area contributed by atoms with Crippen molar-refractivity contribution >= 4 is 33.3 Å². The minimum atomic E-state index is -0.0553. The lowest BCUT2D eigenvalue weighted by Gasteiger charge is -2.13. The fourth-order valence-electron chi connectivity index (χ4n) is 3.59. The summed E-state index contributed by atoms with van der Waals surface area (Å²) in [5.74, 6) is 2.88. The van der Waals surface area contributed by atoms with E-state index in [4.69, 9.17) is 19.2 Å². The molecule has 8 heteroatoms. The van der Waals surface area contributed by atoms with Gasteiger partial charge in [-0.25, -0.2) is 4.98 Å². The Morgan fingerprint density at radius 1 is 1.03 bits per heavy atom. The summed E-state index contributed by atoms with van der Waals surface area (Å²) >= 11 is 3.10. The number of fused-ring (bicyclic) bond motifs is 1. The van der Waals surface area contributed by atoms with Crippen molar-refractivity contribution in [2.45, 2.75) is 25.4 Å². The largest absolute Gasteiger partial charge is 0.497 e. The van der Waals surface area contributed by atoms with Crippen LogP contribution in [0, 0.1) is 6.92 Å². The Morgan fingerprint density at radius 3 is 2.45 bits per heavy atom. The summed E-state index contributed by atoms with van der Waals surface area (Å²) in [5.41, 5.74) is 1.70. The van der Waals surface area contributed by atoms with Crippen LogP contribution in [0.5, 0.6) is 17.2 Å². The number of thiophene rings is 1. The van der Waals surface area contributed by atoms with Gasteiger partial charge in [0.25, 0.3) is 5.56 Å². The molecule has 0 aliphatic carbocycles. The van der Waals surface area contributed by atoms with Crippen LogP contribution < -0.4 is 19.8 Å². The molecule has 0 spiro atoms. The van der Waals surface area contributed by atoms with Crippen LogP contribution in [0.15, 0.2) is 58.5 Å². The molecule has 2 aromatic heterocycles. The normalized spacial score (nSPS) is 11.0. The molecule has 0 atom stereocenters. The van der Waals surface area contributed by atoms with E-state index < -0.39 is 0 Å². The molecule has 0 saturated carbocycles. The van der Waals surface area contributed by atoms with Gasteiger partial charge in [0.1, 0.15) is 22.1 Å². The van der Waals surface area contributed by atoms with E-state index in [0.29, 0.717) is 28.7 Å². The third kappa shape index (κ3) is 4.86. The third-order valence-electron chi connectivity index (χ3n) is 5.31. The van der Waals surface area contributed by atoms with Gasteiger partial charge < -0.3 is 14.2 Å². The lowest BCUT2D eigenvalue weighted by molar-refractivity contribution is 0.342. The first kappa shape index (κ1) is 23.2. The van der Waals surface area contributed by atoms with Crippen molar-refractivity contribution in [3.05, 3.63) is 69.3 Å². The first-order valence-corrected chi connectivity index (χ1v) is 12.4. The van der Waals surface area contributed by atoms with Crippen LogP contribution in [0.2, 0.25) is 0 Å². The SMILES string of the molecule is CCc1sc2nc(SCCOc3ccc(OC)cc3)n(-c3cccc(OC)c3)c(=O)c2c1C. The second-order valence-corrected chi connectivity index (χ2v) is 9.44. The number of thioether (sulfide) groups is 1. The van der Waals surface area contributed by atoms with Gasteiger partial charge in [0.15, 0.2) is 5.16 Å². The lowest BCUT2D eigenvalue weighted by Crippen LogP contribution is -2.22. The molecule has 0 bridgehead atoms. The van der Waals surface area contributed by atoms with E-state index in [1.54, 1.807) is 30.1 Å². The van der Waals surface area contributed by atoms with Crippen LogP contribution in [0.25, 0.3) is 15.9 Å². The van der Waals surface area contributed by atoms with Gasteiger partial charge in [-0.05, 0) is 55.3 Å². The maximum absolute atomic E-state index is 13.6. The molecule has 0 aliphatic rings. The van der Waals surface area contributed by atoms with Crippen LogP contribution >= 0.6 is 23.1 Å². The van der Waals surface area contributed by atoms with Gasteiger partial charge in [-0.2, -0.15) is 0 Å². The third-order valence-corrected chi connectivity index (χ3v) is 7.54. The highest BCUT2D eigenvalue weighted by atomic mass is 32.2. The number of hydrogen-bond donors (Lipinski definition) is 0. The topological polar surface area (TPSA) is 62.6 Å². The van der Waals surface area contributed by atoms with Crippen molar-refractivity contribution in [3.63, 3.8) is 0 Å². The van der Waals surface area contributed by atoms with Crippen molar-refractivity contribution in [1.82, 2.24) is 9.55 Å². The number of methoxy groups -OCH3 is 2. The van der Waals surface area contributed by atoms with Crippen molar-refractivity contribution in [3.8, 4) is 22.9 Å². The second kappa shape index (κ2) is 10.3. The van der Waals surface area contributed by atoms with E-state index in [9.17, 15) is 4.79 Å². The van der Waals surface area contributed by atoms with Gasteiger partial charge >= 0.3 is 0 Å². The monoisotopic (exact) mass is 482 g/mol. The number of benzene rings is 2. The molecule has 0 saturated heterocycles. The molecule has 2 heterocycles. The molecule has 6 nitrogen and oxygen atoms in total. The minimum Gasteiger partial charge on any atom is -0.497 e. The Hall–Kier alpha value is -2.97. The highest BCUT2D eigenvalue weighted by molar-refractivity contribution is 7.99. The van der Waals surface area contributed by atoms with Gasteiger partial charge in [0.2, 0.25) is 0 Å². The summed E-state index contributed by atoms with van der Waals surface area (Å²) in [6.07, 6.45) is 0.879. The molecule has 4 aromatic rings. The predicted molar refractivity (Wildman–Crippen MR) is 135 cm³/mol. The summed E-state index contributed by atoms with van der Waals surface area (Å²) in [7, 11) is 3.25. The maximum atomic E-state index is 13.6. The van der Waals surface area contributed by atoms with Crippen LogP contribution in [0.3, 0.4) is 0 Å². The van der Waals surface area contributed by atoms with E-state index in [1.165, 1.54) is 16.6 Å². The number of aromatic nitrogens is 2. The number of rotatable bonds is 9.